The molecular weight excluding hydrogens is 180 g/mol. The van der Waals surface area contributed by atoms with Crippen LogP contribution < -0.4 is 5.32 Å². The lowest BCUT2D eigenvalue weighted by atomic mass is 10.1. The molecule has 1 unspecified atom stereocenters. The lowest BCUT2D eigenvalue weighted by Crippen LogP contribution is -2.46. The fourth-order valence-corrected chi connectivity index (χ4v) is 1.32. The molecule has 1 rings (SSSR count). The Balaban J connectivity index is 0.00000121. The van der Waals surface area contributed by atoms with Crippen molar-refractivity contribution >= 4 is 18.5 Å². The molecule has 0 aromatic heterocycles. The molecule has 0 aromatic carbocycles. The van der Waals surface area contributed by atoms with E-state index in [1.807, 2.05) is 0 Å². The number of likely N-dealkylation sites (N-methyl/N-ethyl adjacent to an activating group) is 1. The van der Waals surface area contributed by atoms with E-state index < -0.39 is 6.09 Å². The highest BCUT2D eigenvalue weighted by Gasteiger charge is 2.20. The highest BCUT2D eigenvalue weighted by Crippen LogP contribution is 2.07. The minimum atomic E-state index is -0.835. The topological polar surface area (TPSA) is 52.6 Å². The smallest absolute Gasteiger partial charge is 0.407 e. The maximum absolute atomic E-state index is 10.5. The third-order valence-electron chi connectivity index (χ3n) is 2.12. The maximum Gasteiger partial charge on any atom is 0.407 e. The van der Waals surface area contributed by atoms with Gasteiger partial charge in [-0.05, 0) is 19.4 Å². The van der Waals surface area contributed by atoms with Crippen molar-refractivity contribution in [2.75, 3.05) is 20.1 Å². The first-order valence-electron chi connectivity index (χ1n) is 3.88. The Morgan fingerprint density at radius 2 is 2.33 bits per heavy atom. The zero-order valence-corrected chi connectivity index (χ0v) is 7.93. The van der Waals surface area contributed by atoms with Crippen molar-refractivity contribution in [2.24, 2.45) is 0 Å². The Labute approximate surface area is 78.3 Å². The first-order chi connectivity index (χ1) is 5.22. The van der Waals surface area contributed by atoms with Crippen LogP contribution in [0.3, 0.4) is 0 Å². The largest absolute Gasteiger partial charge is 0.465 e. The van der Waals surface area contributed by atoms with E-state index >= 15 is 0 Å². The van der Waals surface area contributed by atoms with Crippen molar-refractivity contribution in [1.29, 1.82) is 0 Å². The molecule has 0 aromatic rings. The van der Waals surface area contributed by atoms with Gasteiger partial charge < -0.3 is 15.3 Å². The van der Waals surface area contributed by atoms with Gasteiger partial charge in [0.05, 0.1) is 0 Å². The molecule has 0 saturated carbocycles. The van der Waals surface area contributed by atoms with Gasteiger partial charge in [-0.25, -0.2) is 4.79 Å². The van der Waals surface area contributed by atoms with E-state index in [9.17, 15) is 4.79 Å². The summed E-state index contributed by atoms with van der Waals surface area (Å²) in [6.07, 6.45) is 1.22. The molecule has 72 valence electrons. The predicted molar refractivity (Wildman–Crippen MR) is 48.9 cm³/mol. The Kier molecular flexibility index (Phi) is 5.01. The summed E-state index contributed by atoms with van der Waals surface area (Å²) < 4.78 is 0. The van der Waals surface area contributed by atoms with Gasteiger partial charge in [-0.1, -0.05) is 0 Å². The van der Waals surface area contributed by atoms with Gasteiger partial charge in [0.15, 0.2) is 0 Å². The Morgan fingerprint density at radius 3 is 2.75 bits per heavy atom. The lowest BCUT2D eigenvalue weighted by molar-refractivity contribution is 0.130. The van der Waals surface area contributed by atoms with Crippen LogP contribution >= 0.6 is 12.4 Å². The molecule has 1 fully saturated rings. The van der Waals surface area contributed by atoms with Gasteiger partial charge in [-0.2, -0.15) is 0 Å². The molecule has 0 aliphatic carbocycles. The molecule has 0 spiro atoms. The van der Waals surface area contributed by atoms with Gasteiger partial charge >= 0.3 is 6.09 Å². The van der Waals surface area contributed by atoms with Crippen LogP contribution in [-0.2, 0) is 0 Å². The molecule has 0 bridgehead atoms. The van der Waals surface area contributed by atoms with Crippen LogP contribution in [0.5, 0.6) is 0 Å². The Morgan fingerprint density at radius 1 is 1.67 bits per heavy atom. The number of nitrogens with zero attached hydrogens (tertiary/aromatic N) is 1. The second kappa shape index (κ2) is 5.22. The fraction of sp³-hybridized carbons (Fsp3) is 0.857. The summed E-state index contributed by atoms with van der Waals surface area (Å²) in [5.41, 5.74) is 0. The van der Waals surface area contributed by atoms with Crippen molar-refractivity contribution < 1.29 is 9.90 Å². The summed E-state index contributed by atoms with van der Waals surface area (Å²) in [7, 11) is 1.62. The number of rotatable bonds is 1. The molecule has 1 saturated heterocycles. The summed E-state index contributed by atoms with van der Waals surface area (Å²) in [5, 5.41) is 11.8. The summed E-state index contributed by atoms with van der Waals surface area (Å²) >= 11 is 0. The molecule has 1 aliphatic rings. The molecule has 2 N–H and O–H groups in total. The van der Waals surface area contributed by atoms with Crippen LogP contribution in [0.15, 0.2) is 0 Å². The third-order valence-corrected chi connectivity index (χ3v) is 2.12. The number of carboxylic acid groups (broad SMARTS) is 1. The van der Waals surface area contributed by atoms with Gasteiger partial charge in [-0.15, -0.1) is 12.4 Å². The predicted octanol–water partition coefficient (Wildman–Crippen LogP) is 0.770. The molecular formula is C7H15ClN2O2. The number of piperidine rings is 1. The minimum Gasteiger partial charge on any atom is -0.465 e. The molecule has 12 heavy (non-hydrogen) atoms. The number of amides is 1. The second-order valence-corrected chi connectivity index (χ2v) is 2.89. The standard InChI is InChI=1S/C7H14N2O2.ClH/c1-9(7(10)11)6-3-2-4-8-5-6;/h6,8H,2-5H2,1H3,(H,10,11);1H. The number of hydrogen-bond acceptors (Lipinski definition) is 2. The van der Waals surface area contributed by atoms with Crippen molar-refractivity contribution in [1.82, 2.24) is 10.2 Å². The lowest BCUT2D eigenvalue weighted by Gasteiger charge is -2.29. The molecule has 1 amide bonds. The number of nitrogens with one attached hydrogen (secondary N) is 1. The third kappa shape index (κ3) is 2.87. The Bertz CT molecular complexity index is 148. The zero-order chi connectivity index (χ0) is 8.27. The normalized spacial score (nSPS) is 22.6. The molecule has 5 heteroatoms. The van der Waals surface area contributed by atoms with Crippen LogP contribution in [0.2, 0.25) is 0 Å². The van der Waals surface area contributed by atoms with Crippen LogP contribution in [0.4, 0.5) is 4.79 Å². The first-order valence-corrected chi connectivity index (χ1v) is 3.88. The van der Waals surface area contributed by atoms with Crippen LogP contribution in [0, 0.1) is 0 Å². The van der Waals surface area contributed by atoms with Crippen molar-refractivity contribution in [3.63, 3.8) is 0 Å². The van der Waals surface area contributed by atoms with Gasteiger partial charge in [0, 0.05) is 19.6 Å². The highest BCUT2D eigenvalue weighted by atomic mass is 35.5. The van der Waals surface area contributed by atoms with Crippen molar-refractivity contribution in [3.05, 3.63) is 0 Å². The van der Waals surface area contributed by atoms with E-state index in [4.69, 9.17) is 5.11 Å². The molecule has 1 aliphatic heterocycles. The number of halogens is 1. The van der Waals surface area contributed by atoms with Crippen LogP contribution in [-0.4, -0.2) is 42.3 Å². The van der Waals surface area contributed by atoms with E-state index in [0.29, 0.717) is 0 Å². The quantitative estimate of drug-likeness (QED) is 0.649. The second-order valence-electron chi connectivity index (χ2n) is 2.89. The van der Waals surface area contributed by atoms with E-state index in [1.165, 1.54) is 4.90 Å². The highest BCUT2D eigenvalue weighted by molar-refractivity contribution is 5.85. The summed E-state index contributed by atoms with van der Waals surface area (Å²) in [6, 6.07) is 0.168. The van der Waals surface area contributed by atoms with Gasteiger partial charge in [0.1, 0.15) is 0 Å². The van der Waals surface area contributed by atoms with Crippen molar-refractivity contribution in [2.45, 2.75) is 18.9 Å². The Hall–Kier alpha value is -0.480. The molecule has 4 nitrogen and oxygen atoms in total. The fourth-order valence-electron chi connectivity index (χ4n) is 1.32. The first kappa shape index (κ1) is 11.5. The molecule has 0 radical (unpaired) electrons. The summed E-state index contributed by atoms with van der Waals surface area (Å²) in [4.78, 5) is 11.9. The minimum absolute atomic E-state index is 0. The maximum atomic E-state index is 10.5. The van der Waals surface area contributed by atoms with Gasteiger partial charge in [-0.3, -0.25) is 0 Å². The molecule has 1 atom stereocenters. The average Bonchev–Trinajstić information content (AvgIpc) is 2.05. The van der Waals surface area contributed by atoms with Crippen LogP contribution in [0.1, 0.15) is 12.8 Å². The van der Waals surface area contributed by atoms with E-state index in [0.717, 1.165) is 25.9 Å². The van der Waals surface area contributed by atoms with Crippen molar-refractivity contribution in [3.8, 4) is 0 Å². The van der Waals surface area contributed by atoms with E-state index in [1.54, 1.807) is 7.05 Å². The van der Waals surface area contributed by atoms with E-state index in [2.05, 4.69) is 5.32 Å². The number of hydrogen-bond donors (Lipinski definition) is 2. The summed E-state index contributed by atoms with van der Waals surface area (Å²) in [5.74, 6) is 0. The average molecular weight is 195 g/mol. The van der Waals surface area contributed by atoms with E-state index in [-0.39, 0.29) is 18.4 Å². The van der Waals surface area contributed by atoms with Crippen LogP contribution in [0.25, 0.3) is 0 Å². The SMILES string of the molecule is CN(C(=O)O)C1CCCNC1.Cl. The monoisotopic (exact) mass is 194 g/mol. The van der Waals surface area contributed by atoms with Gasteiger partial charge in [0.25, 0.3) is 0 Å². The number of carbonyl (C=O) groups is 1. The molecule has 1 heterocycles. The van der Waals surface area contributed by atoms with Gasteiger partial charge in [0.2, 0.25) is 0 Å². The zero-order valence-electron chi connectivity index (χ0n) is 7.12. The summed E-state index contributed by atoms with van der Waals surface area (Å²) in [6.45, 7) is 1.81.